The van der Waals surface area contributed by atoms with Crippen molar-refractivity contribution in [2.45, 2.75) is 19.5 Å². The van der Waals surface area contributed by atoms with Crippen LogP contribution in [-0.4, -0.2) is 16.6 Å². The van der Waals surface area contributed by atoms with Crippen LogP contribution in [-0.2, 0) is 19.5 Å². The lowest BCUT2D eigenvalue weighted by Crippen LogP contribution is -2.11. The van der Waals surface area contributed by atoms with Crippen molar-refractivity contribution in [1.29, 1.82) is 0 Å². The fourth-order valence-electron chi connectivity index (χ4n) is 1.80. The highest BCUT2D eigenvalue weighted by Crippen LogP contribution is 2.05. The van der Waals surface area contributed by atoms with E-state index in [0.29, 0.717) is 0 Å². The van der Waals surface area contributed by atoms with Crippen molar-refractivity contribution in [3.8, 4) is 0 Å². The summed E-state index contributed by atoms with van der Waals surface area (Å²) in [4.78, 5) is 4.12. The van der Waals surface area contributed by atoms with Crippen LogP contribution in [0, 0.1) is 0 Å². The van der Waals surface area contributed by atoms with Gasteiger partial charge in [-0.1, -0.05) is 6.07 Å². The number of rotatable bonds is 5. The Hall–Kier alpha value is -1.61. The van der Waals surface area contributed by atoms with Gasteiger partial charge in [0.2, 0.25) is 0 Å². The van der Waals surface area contributed by atoms with Gasteiger partial charge < -0.3 is 9.88 Å². The first kappa shape index (κ1) is 10.9. The Bertz CT molecular complexity index is 420. The number of nitrogens with one attached hydrogen (secondary N) is 1. The van der Waals surface area contributed by atoms with Crippen molar-refractivity contribution >= 4 is 0 Å². The first-order valence-electron chi connectivity index (χ1n) is 5.57. The SMILES string of the molecule is CNCc1cccn1CCc1cccnc1. The first-order chi connectivity index (χ1) is 7.90. The molecule has 0 unspecified atom stereocenters. The molecule has 0 radical (unpaired) electrons. The van der Waals surface area contributed by atoms with Crippen LogP contribution in [0.1, 0.15) is 11.3 Å². The predicted molar refractivity (Wildman–Crippen MR) is 65.1 cm³/mol. The Morgan fingerprint density at radius 3 is 3.00 bits per heavy atom. The van der Waals surface area contributed by atoms with E-state index >= 15 is 0 Å². The standard InChI is InChI=1S/C13H17N3/c1-14-11-13-5-3-8-16(13)9-6-12-4-2-7-15-10-12/h2-5,7-8,10,14H,6,9,11H2,1H3. The van der Waals surface area contributed by atoms with E-state index < -0.39 is 0 Å². The molecule has 0 aliphatic carbocycles. The van der Waals surface area contributed by atoms with Crippen molar-refractivity contribution in [3.63, 3.8) is 0 Å². The first-order valence-corrected chi connectivity index (χ1v) is 5.57. The third kappa shape index (κ3) is 2.70. The molecular formula is C13H17N3. The summed E-state index contributed by atoms with van der Waals surface area (Å²) in [6.07, 6.45) is 6.90. The van der Waals surface area contributed by atoms with Crippen molar-refractivity contribution in [2.24, 2.45) is 0 Å². The van der Waals surface area contributed by atoms with Gasteiger partial charge in [0.15, 0.2) is 0 Å². The molecule has 0 bridgehead atoms. The van der Waals surface area contributed by atoms with Gasteiger partial charge in [-0.25, -0.2) is 0 Å². The second-order valence-electron chi connectivity index (χ2n) is 3.83. The summed E-state index contributed by atoms with van der Waals surface area (Å²) >= 11 is 0. The highest BCUT2D eigenvalue weighted by molar-refractivity contribution is 5.11. The van der Waals surface area contributed by atoms with Crippen LogP contribution >= 0.6 is 0 Å². The molecule has 3 nitrogen and oxygen atoms in total. The van der Waals surface area contributed by atoms with Crippen LogP contribution in [0.5, 0.6) is 0 Å². The summed E-state index contributed by atoms with van der Waals surface area (Å²) in [6.45, 7) is 1.93. The van der Waals surface area contributed by atoms with E-state index in [0.717, 1.165) is 19.5 Å². The Kier molecular flexibility index (Phi) is 3.72. The Labute approximate surface area is 96.1 Å². The summed E-state index contributed by atoms with van der Waals surface area (Å²) in [6, 6.07) is 8.35. The smallest absolute Gasteiger partial charge is 0.0356 e. The highest BCUT2D eigenvalue weighted by atomic mass is 15.0. The van der Waals surface area contributed by atoms with E-state index in [9.17, 15) is 0 Å². The molecule has 2 aromatic heterocycles. The van der Waals surface area contributed by atoms with Crippen LogP contribution in [0.3, 0.4) is 0 Å². The van der Waals surface area contributed by atoms with Gasteiger partial charge in [-0.05, 0) is 37.2 Å². The van der Waals surface area contributed by atoms with Gasteiger partial charge in [0.1, 0.15) is 0 Å². The third-order valence-electron chi connectivity index (χ3n) is 2.65. The third-order valence-corrected chi connectivity index (χ3v) is 2.65. The van der Waals surface area contributed by atoms with Gasteiger partial charge >= 0.3 is 0 Å². The maximum absolute atomic E-state index is 4.12. The topological polar surface area (TPSA) is 29.9 Å². The Morgan fingerprint density at radius 2 is 2.25 bits per heavy atom. The van der Waals surface area contributed by atoms with E-state index in [-0.39, 0.29) is 0 Å². The van der Waals surface area contributed by atoms with E-state index in [4.69, 9.17) is 0 Å². The summed E-state index contributed by atoms with van der Waals surface area (Å²) in [5.74, 6) is 0. The predicted octanol–water partition coefficient (Wildman–Crippen LogP) is 1.85. The largest absolute Gasteiger partial charge is 0.350 e. The van der Waals surface area contributed by atoms with Gasteiger partial charge in [-0.2, -0.15) is 0 Å². The summed E-state index contributed by atoms with van der Waals surface area (Å²) in [5, 5.41) is 3.18. The van der Waals surface area contributed by atoms with Gasteiger partial charge in [-0.3, -0.25) is 4.98 Å². The fourth-order valence-corrected chi connectivity index (χ4v) is 1.80. The average molecular weight is 215 g/mol. The zero-order valence-electron chi connectivity index (χ0n) is 9.56. The lowest BCUT2D eigenvalue weighted by Gasteiger charge is -2.08. The minimum Gasteiger partial charge on any atom is -0.350 e. The number of aryl methyl sites for hydroxylation is 2. The van der Waals surface area contributed by atoms with Crippen molar-refractivity contribution < 1.29 is 0 Å². The number of aromatic nitrogens is 2. The number of nitrogens with zero attached hydrogens (tertiary/aromatic N) is 2. The monoisotopic (exact) mass is 215 g/mol. The molecule has 2 aromatic rings. The fraction of sp³-hybridized carbons (Fsp3) is 0.308. The number of hydrogen-bond acceptors (Lipinski definition) is 2. The zero-order valence-corrected chi connectivity index (χ0v) is 9.56. The second kappa shape index (κ2) is 5.47. The van der Waals surface area contributed by atoms with Crippen LogP contribution in [0.2, 0.25) is 0 Å². The molecule has 1 N–H and O–H groups in total. The average Bonchev–Trinajstić information content (AvgIpc) is 2.76. The number of hydrogen-bond donors (Lipinski definition) is 1. The lowest BCUT2D eigenvalue weighted by molar-refractivity contribution is 0.639. The van der Waals surface area contributed by atoms with Crippen LogP contribution in [0.4, 0.5) is 0 Å². The normalized spacial score (nSPS) is 10.6. The molecule has 0 spiro atoms. The summed E-state index contributed by atoms with van der Waals surface area (Å²) < 4.78 is 2.28. The van der Waals surface area contributed by atoms with E-state index in [1.54, 1.807) is 0 Å². The quantitative estimate of drug-likeness (QED) is 0.825. The van der Waals surface area contributed by atoms with Crippen LogP contribution in [0.25, 0.3) is 0 Å². The van der Waals surface area contributed by atoms with Crippen LogP contribution < -0.4 is 5.32 Å². The molecule has 0 aliphatic rings. The second-order valence-corrected chi connectivity index (χ2v) is 3.83. The molecule has 3 heteroatoms. The minimum absolute atomic E-state index is 0.917. The van der Waals surface area contributed by atoms with E-state index in [1.807, 2.05) is 25.5 Å². The molecule has 16 heavy (non-hydrogen) atoms. The molecule has 0 aromatic carbocycles. The van der Waals surface area contributed by atoms with E-state index in [2.05, 4.69) is 39.3 Å². The Morgan fingerprint density at radius 1 is 1.31 bits per heavy atom. The van der Waals surface area contributed by atoms with Gasteiger partial charge in [0.25, 0.3) is 0 Å². The molecule has 0 atom stereocenters. The molecule has 0 saturated carbocycles. The maximum Gasteiger partial charge on any atom is 0.0356 e. The summed E-state index contributed by atoms with van der Waals surface area (Å²) in [7, 11) is 1.97. The molecule has 0 fully saturated rings. The van der Waals surface area contributed by atoms with Crippen molar-refractivity contribution in [3.05, 3.63) is 54.1 Å². The molecule has 0 saturated heterocycles. The van der Waals surface area contributed by atoms with Gasteiger partial charge in [0, 0.05) is 37.4 Å². The molecular weight excluding hydrogens is 198 g/mol. The maximum atomic E-state index is 4.12. The van der Waals surface area contributed by atoms with Crippen molar-refractivity contribution in [1.82, 2.24) is 14.9 Å². The molecule has 2 rings (SSSR count). The van der Waals surface area contributed by atoms with Gasteiger partial charge in [-0.15, -0.1) is 0 Å². The van der Waals surface area contributed by atoms with Gasteiger partial charge in [0.05, 0.1) is 0 Å². The van der Waals surface area contributed by atoms with E-state index in [1.165, 1.54) is 11.3 Å². The highest BCUT2D eigenvalue weighted by Gasteiger charge is 1.99. The molecule has 84 valence electrons. The minimum atomic E-state index is 0.917. The zero-order chi connectivity index (χ0) is 11.2. The number of pyridine rings is 1. The molecule has 2 heterocycles. The lowest BCUT2D eigenvalue weighted by atomic mass is 10.2. The molecule has 0 aliphatic heterocycles. The van der Waals surface area contributed by atoms with Crippen molar-refractivity contribution in [2.75, 3.05) is 7.05 Å². The van der Waals surface area contributed by atoms with Crippen LogP contribution in [0.15, 0.2) is 42.9 Å². The Balaban J connectivity index is 1.97. The molecule has 0 amide bonds. The summed E-state index contributed by atoms with van der Waals surface area (Å²) in [5.41, 5.74) is 2.61.